The van der Waals surface area contributed by atoms with E-state index in [9.17, 15) is 0 Å². The minimum Gasteiger partial charge on any atom is -0.487 e. The maximum atomic E-state index is 5.86. The molecule has 1 aromatic heterocycles. The first-order valence-electron chi connectivity index (χ1n) is 6.74. The molecule has 0 aliphatic carbocycles. The lowest BCUT2D eigenvalue weighted by Crippen LogP contribution is -2.34. The van der Waals surface area contributed by atoms with Crippen molar-refractivity contribution < 1.29 is 4.74 Å². The molecule has 5 heteroatoms. The quantitative estimate of drug-likeness (QED) is 0.650. The highest BCUT2D eigenvalue weighted by Gasteiger charge is 2.10. The van der Waals surface area contributed by atoms with E-state index in [-0.39, 0.29) is 5.54 Å². The molecule has 0 aliphatic heterocycles. The molecule has 114 valence electrons. The highest BCUT2D eigenvalue weighted by Crippen LogP contribution is 2.29. The van der Waals surface area contributed by atoms with Crippen LogP contribution in [0.15, 0.2) is 39.3 Å². The van der Waals surface area contributed by atoms with Crippen LogP contribution >= 0.6 is 43.2 Å². The first kappa shape index (κ1) is 17.0. The summed E-state index contributed by atoms with van der Waals surface area (Å²) in [5.41, 5.74) is 0.142. The minimum atomic E-state index is 0.142. The lowest BCUT2D eigenvalue weighted by molar-refractivity contribution is 0.308. The second kappa shape index (κ2) is 7.27. The summed E-state index contributed by atoms with van der Waals surface area (Å²) in [5, 5.41) is 3.50. The Kier molecular flexibility index (Phi) is 5.88. The van der Waals surface area contributed by atoms with Gasteiger partial charge < -0.3 is 10.1 Å². The molecule has 1 heterocycles. The Balaban J connectivity index is 1.90. The van der Waals surface area contributed by atoms with Gasteiger partial charge in [-0.3, -0.25) is 0 Å². The summed E-state index contributed by atoms with van der Waals surface area (Å²) >= 11 is 8.74. The summed E-state index contributed by atoms with van der Waals surface area (Å²) in [6.07, 6.45) is 0. The molecule has 0 fully saturated rings. The predicted molar refractivity (Wildman–Crippen MR) is 97.1 cm³/mol. The number of benzene rings is 1. The van der Waals surface area contributed by atoms with E-state index < -0.39 is 0 Å². The molecule has 2 aromatic rings. The normalized spacial score (nSPS) is 11.7. The van der Waals surface area contributed by atoms with Crippen LogP contribution in [0.5, 0.6) is 5.75 Å². The molecular formula is C16H19Br2NOS. The zero-order valence-corrected chi connectivity index (χ0v) is 16.4. The largest absolute Gasteiger partial charge is 0.487 e. The zero-order valence-electron chi connectivity index (χ0n) is 12.4. The van der Waals surface area contributed by atoms with Gasteiger partial charge in [0.05, 0.1) is 4.47 Å². The average molecular weight is 433 g/mol. The fourth-order valence-corrected chi connectivity index (χ4v) is 3.72. The molecule has 1 aromatic carbocycles. The molecule has 0 amide bonds. The molecule has 0 atom stereocenters. The molecule has 0 spiro atoms. The average Bonchev–Trinajstić information content (AvgIpc) is 2.82. The predicted octanol–water partition coefficient (Wildman–Crippen LogP) is 5.74. The van der Waals surface area contributed by atoms with E-state index >= 15 is 0 Å². The van der Waals surface area contributed by atoms with Crippen LogP contribution in [0.25, 0.3) is 0 Å². The maximum Gasteiger partial charge on any atom is 0.134 e. The van der Waals surface area contributed by atoms with Gasteiger partial charge in [-0.15, -0.1) is 11.3 Å². The summed E-state index contributed by atoms with van der Waals surface area (Å²) in [6, 6.07) is 10.2. The fourth-order valence-electron chi connectivity index (χ4n) is 1.69. The van der Waals surface area contributed by atoms with Gasteiger partial charge in [-0.1, -0.05) is 15.9 Å². The minimum absolute atomic E-state index is 0.142. The highest BCUT2D eigenvalue weighted by molar-refractivity contribution is 9.11. The molecule has 0 saturated heterocycles. The van der Waals surface area contributed by atoms with E-state index in [1.54, 1.807) is 11.3 Å². The molecule has 0 aliphatic rings. The molecule has 1 N–H and O–H groups in total. The van der Waals surface area contributed by atoms with Crippen molar-refractivity contribution >= 4 is 43.2 Å². The molecule has 21 heavy (non-hydrogen) atoms. The summed E-state index contributed by atoms with van der Waals surface area (Å²) < 4.78 is 7.86. The van der Waals surface area contributed by atoms with Gasteiger partial charge in [-0.2, -0.15) is 0 Å². The van der Waals surface area contributed by atoms with Crippen LogP contribution in [-0.4, -0.2) is 5.54 Å². The Bertz CT molecular complexity index is 605. The Morgan fingerprint density at radius 3 is 2.48 bits per heavy atom. The van der Waals surface area contributed by atoms with Crippen molar-refractivity contribution in [3.63, 3.8) is 0 Å². The first-order chi connectivity index (χ1) is 9.83. The number of nitrogens with one attached hydrogen (secondary N) is 1. The van der Waals surface area contributed by atoms with Crippen LogP contribution < -0.4 is 10.1 Å². The van der Waals surface area contributed by atoms with Crippen molar-refractivity contribution in [1.29, 1.82) is 0 Å². The van der Waals surface area contributed by atoms with Crippen LogP contribution in [0.4, 0.5) is 0 Å². The van der Waals surface area contributed by atoms with Crippen LogP contribution in [0.3, 0.4) is 0 Å². The summed E-state index contributed by atoms with van der Waals surface area (Å²) in [7, 11) is 0. The fraction of sp³-hybridized carbons (Fsp3) is 0.375. The van der Waals surface area contributed by atoms with Crippen molar-refractivity contribution in [3.8, 4) is 5.75 Å². The van der Waals surface area contributed by atoms with Crippen LogP contribution in [0.2, 0.25) is 0 Å². The third kappa shape index (κ3) is 5.74. The molecule has 0 saturated carbocycles. The summed E-state index contributed by atoms with van der Waals surface area (Å²) in [4.78, 5) is 2.56. The molecule has 2 nitrogen and oxygen atoms in total. The van der Waals surface area contributed by atoms with E-state index in [0.29, 0.717) is 6.61 Å². The number of ether oxygens (including phenoxy) is 1. The van der Waals surface area contributed by atoms with Gasteiger partial charge in [0.1, 0.15) is 12.4 Å². The molecule has 0 radical (unpaired) electrons. The Hall–Kier alpha value is -0.360. The first-order valence-corrected chi connectivity index (χ1v) is 9.14. The zero-order chi connectivity index (χ0) is 15.5. The van der Waals surface area contributed by atoms with Crippen molar-refractivity contribution in [2.75, 3.05) is 0 Å². The van der Waals surface area contributed by atoms with Crippen LogP contribution in [-0.2, 0) is 13.2 Å². The lowest BCUT2D eigenvalue weighted by atomic mass is 10.1. The Morgan fingerprint density at radius 2 is 1.81 bits per heavy atom. The topological polar surface area (TPSA) is 21.3 Å². The van der Waals surface area contributed by atoms with Crippen LogP contribution in [0, 0.1) is 0 Å². The van der Waals surface area contributed by atoms with Crippen molar-refractivity contribution in [2.45, 2.75) is 39.5 Å². The number of thiophene rings is 1. The Labute approximate surface area is 147 Å². The van der Waals surface area contributed by atoms with E-state index in [2.05, 4.69) is 70.1 Å². The van der Waals surface area contributed by atoms with Crippen molar-refractivity contribution in [2.24, 2.45) is 0 Å². The lowest BCUT2D eigenvalue weighted by Gasteiger charge is -2.19. The summed E-state index contributed by atoms with van der Waals surface area (Å²) in [6.45, 7) is 8.03. The third-order valence-electron chi connectivity index (χ3n) is 2.77. The molecule has 0 unspecified atom stereocenters. The second-order valence-corrected chi connectivity index (χ2v) is 8.86. The standard InChI is InChI=1S/C16H19Br2NOS/c1-16(2,3)19-9-12-5-6-13(21-12)10-20-15-7-4-11(17)8-14(15)18/h4-8,19H,9-10H2,1-3H3. The highest BCUT2D eigenvalue weighted by atomic mass is 79.9. The molecule has 2 rings (SSSR count). The number of hydrogen-bond acceptors (Lipinski definition) is 3. The van der Waals surface area contributed by atoms with Gasteiger partial charge in [0.25, 0.3) is 0 Å². The third-order valence-corrected chi connectivity index (χ3v) is 4.95. The molecular weight excluding hydrogens is 414 g/mol. The number of hydrogen-bond donors (Lipinski definition) is 1. The Morgan fingerprint density at radius 1 is 1.10 bits per heavy atom. The van der Waals surface area contributed by atoms with E-state index in [1.807, 2.05) is 18.2 Å². The van der Waals surface area contributed by atoms with Gasteiger partial charge in [0, 0.05) is 26.3 Å². The number of halogens is 2. The maximum absolute atomic E-state index is 5.86. The summed E-state index contributed by atoms with van der Waals surface area (Å²) in [5.74, 6) is 0.862. The second-order valence-electron chi connectivity index (χ2n) is 5.83. The van der Waals surface area contributed by atoms with Gasteiger partial charge >= 0.3 is 0 Å². The van der Waals surface area contributed by atoms with E-state index in [1.165, 1.54) is 9.75 Å². The van der Waals surface area contributed by atoms with Gasteiger partial charge in [-0.05, 0) is 67.0 Å². The molecule has 0 bridgehead atoms. The van der Waals surface area contributed by atoms with Gasteiger partial charge in [0.15, 0.2) is 0 Å². The van der Waals surface area contributed by atoms with E-state index in [0.717, 1.165) is 21.2 Å². The monoisotopic (exact) mass is 431 g/mol. The van der Waals surface area contributed by atoms with Gasteiger partial charge in [-0.25, -0.2) is 0 Å². The van der Waals surface area contributed by atoms with Gasteiger partial charge in [0.2, 0.25) is 0 Å². The SMILES string of the molecule is CC(C)(C)NCc1ccc(COc2ccc(Br)cc2Br)s1. The van der Waals surface area contributed by atoms with E-state index in [4.69, 9.17) is 4.74 Å². The van der Waals surface area contributed by atoms with Crippen molar-refractivity contribution in [3.05, 3.63) is 49.0 Å². The van der Waals surface area contributed by atoms with Crippen molar-refractivity contribution in [1.82, 2.24) is 5.32 Å². The number of rotatable bonds is 5. The smallest absolute Gasteiger partial charge is 0.134 e. The van der Waals surface area contributed by atoms with Crippen LogP contribution in [0.1, 0.15) is 30.5 Å².